The van der Waals surface area contributed by atoms with Gasteiger partial charge < -0.3 is 14.8 Å². The molecule has 0 aliphatic heterocycles. The largest absolute Gasteiger partial charge is 0.508 e. The van der Waals surface area contributed by atoms with E-state index in [0.29, 0.717) is 5.02 Å². The molecule has 0 aliphatic carbocycles. The van der Waals surface area contributed by atoms with Crippen molar-refractivity contribution < 1.29 is 14.8 Å². The number of rotatable bonds is 2. The molecular formula is C6H7BClNO3. The van der Waals surface area contributed by atoms with Crippen LogP contribution in [0.5, 0.6) is 5.88 Å². The van der Waals surface area contributed by atoms with Crippen LogP contribution in [0.1, 0.15) is 0 Å². The van der Waals surface area contributed by atoms with Crippen molar-refractivity contribution in [2.45, 2.75) is 0 Å². The zero-order chi connectivity index (χ0) is 9.14. The van der Waals surface area contributed by atoms with Crippen molar-refractivity contribution in [3.05, 3.63) is 17.2 Å². The van der Waals surface area contributed by atoms with E-state index in [4.69, 9.17) is 26.4 Å². The van der Waals surface area contributed by atoms with E-state index in [9.17, 15) is 0 Å². The van der Waals surface area contributed by atoms with Crippen LogP contribution >= 0.6 is 11.6 Å². The van der Waals surface area contributed by atoms with Crippen molar-refractivity contribution >= 4 is 24.3 Å². The van der Waals surface area contributed by atoms with Crippen molar-refractivity contribution in [1.29, 1.82) is 0 Å². The predicted molar refractivity (Wildman–Crippen MR) is 45.6 cm³/mol. The van der Waals surface area contributed by atoms with Gasteiger partial charge in [-0.25, -0.2) is 4.98 Å². The first kappa shape index (κ1) is 9.31. The van der Waals surface area contributed by atoms with E-state index < -0.39 is 7.12 Å². The zero-order valence-electron chi connectivity index (χ0n) is 6.36. The summed E-state index contributed by atoms with van der Waals surface area (Å²) in [6, 6.07) is 2.84. The van der Waals surface area contributed by atoms with Gasteiger partial charge >= 0.3 is 7.12 Å². The Bertz CT molecular complexity index is 281. The summed E-state index contributed by atoms with van der Waals surface area (Å²) in [6.45, 7) is 0. The number of methoxy groups -OCH3 is 1. The highest BCUT2D eigenvalue weighted by molar-refractivity contribution is 6.58. The minimum absolute atomic E-state index is 0.0688. The van der Waals surface area contributed by atoms with Crippen LogP contribution in [-0.4, -0.2) is 29.3 Å². The maximum Gasteiger partial charge on any atom is 0.508 e. The minimum Gasteiger partial charge on any atom is -0.481 e. The lowest BCUT2D eigenvalue weighted by atomic mass is 9.86. The van der Waals surface area contributed by atoms with Crippen molar-refractivity contribution in [1.82, 2.24) is 4.98 Å². The number of halogens is 1. The van der Waals surface area contributed by atoms with Crippen molar-refractivity contribution in [2.24, 2.45) is 0 Å². The Morgan fingerprint density at radius 3 is 2.67 bits per heavy atom. The molecule has 1 aromatic rings. The van der Waals surface area contributed by atoms with Gasteiger partial charge in [0.05, 0.1) is 12.7 Å². The molecule has 1 rings (SSSR count). The highest BCUT2D eigenvalue weighted by atomic mass is 35.5. The molecule has 0 unspecified atom stereocenters. The monoisotopic (exact) mass is 187 g/mol. The van der Waals surface area contributed by atoms with Gasteiger partial charge in [0.15, 0.2) is 0 Å². The van der Waals surface area contributed by atoms with Crippen molar-refractivity contribution in [3.8, 4) is 5.88 Å². The van der Waals surface area contributed by atoms with Crippen LogP contribution in [0.2, 0.25) is 5.02 Å². The van der Waals surface area contributed by atoms with Crippen LogP contribution in [0.3, 0.4) is 0 Å². The van der Waals surface area contributed by atoms with Gasteiger partial charge in [-0.05, 0) is 6.07 Å². The number of hydrogen-bond donors (Lipinski definition) is 2. The van der Waals surface area contributed by atoms with Gasteiger partial charge in [-0.2, -0.15) is 0 Å². The Morgan fingerprint density at radius 1 is 1.50 bits per heavy atom. The Morgan fingerprint density at radius 2 is 2.17 bits per heavy atom. The van der Waals surface area contributed by atoms with Gasteiger partial charge in [-0.1, -0.05) is 11.6 Å². The van der Waals surface area contributed by atoms with E-state index in [1.54, 1.807) is 0 Å². The SMILES string of the molecule is COc1cc(Cl)cc(B(O)O)n1. The molecule has 0 aromatic carbocycles. The van der Waals surface area contributed by atoms with Gasteiger partial charge in [0.25, 0.3) is 0 Å². The normalized spacial score (nSPS) is 9.67. The fraction of sp³-hybridized carbons (Fsp3) is 0.167. The smallest absolute Gasteiger partial charge is 0.481 e. The summed E-state index contributed by atoms with van der Waals surface area (Å²) < 4.78 is 4.77. The van der Waals surface area contributed by atoms with E-state index in [-0.39, 0.29) is 11.5 Å². The van der Waals surface area contributed by atoms with E-state index in [0.717, 1.165) is 0 Å². The Balaban J connectivity index is 3.06. The zero-order valence-corrected chi connectivity index (χ0v) is 7.12. The third kappa shape index (κ3) is 2.10. The number of ether oxygens (including phenoxy) is 1. The average Bonchev–Trinajstić information content (AvgIpc) is 2.03. The molecule has 64 valence electrons. The van der Waals surface area contributed by atoms with Crippen LogP contribution < -0.4 is 10.3 Å². The van der Waals surface area contributed by atoms with Crippen LogP contribution in [-0.2, 0) is 0 Å². The Kier molecular flexibility index (Phi) is 2.91. The van der Waals surface area contributed by atoms with Gasteiger partial charge in [0, 0.05) is 11.1 Å². The quantitative estimate of drug-likeness (QED) is 0.608. The summed E-state index contributed by atoms with van der Waals surface area (Å²) >= 11 is 5.63. The summed E-state index contributed by atoms with van der Waals surface area (Å²) in [7, 11) is -0.204. The van der Waals surface area contributed by atoms with E-state index in [2.05, 4.69) is 4.98 Å². The van der Waals surface area contributed by atoms with E-state index >= 15 is 0 Å². The molecule has 0 fully saturated rings. The van der Waals surface area contributed by atoms with Crippen LogP contribution in [0, 0.1) is 0 Å². The molecule has 0 radical (unpaired) electrons. The van der Waals surface area contributed by atoms with Gasteiger partial charge in [0.2, 0.25) is 5.88 Å². The van der Waals surface area contributed by atoms with E-state index in [1.807, 2.05) is 0 Å². The van der Waals surface area contributed by atoms with E-state index in [1.165, 1.54) is 19.2 Å². The first-order valence-electron chi connectivity index (χ1n) is 3.21. The number of nitrogens with zero attached hydrogens (tertiary/aromatic N) is 1. The molecule has 0 saturated carbocycles. The first-order valence-corrected chi connectivity index (χ1v) is 3.59. The molecule has 1 heterocycles. The fourth-order valence-electron chi connectivity index (χ4n) is 0.730. The van der Waals surface area contributed by atoms with Gasteiger partial charge in [-0.15, -0.1) is 0 Å². The average molecular weight is 187 g/mol. The second kappa shape index (κ2) is 3.75. The number of pyridine rings is 1. The molecule has 0 aliphatic rings. The van der Waals surface area contributed by atoms with Crippen molar-refractivity contribution in [3.63, 3.8) is 0 Å². The summed E-state index contributed by atoms with van der Waals surface area (Å²) in [5.41, 5.74) is 0.0688. The minimum atomic E-state index is -1.63. The molecule has 4 nitrogen and oxygen atoms in total. The third-order valence-electron chi connectivity index (χ3n) is 1.26. The summed E-state index contributed by atoms with van der Waals surface area (Å²) in [6.07, 6.45) is 0. The first-order chi connectivity index (χ1) is 5.63. The highest BCUT2D eigenvalue weighted by Gasteiger charge is 2.14. The number of aromatic nitrogens is 1. The molecule has 12 heavy (non-hydrogen) atoms. The predicted octanol–water partition coefficient (Wildman–Crippen LogP) is -0.577. The van der Waals surface area contributed by atoms with Gasteiger partial charge in [0.1, 0.15) is 0 Å². The van der Waals surface area contributed by atoms with Crippen LogP contribution in [0.15, 0.2) is 12.1 Å². The summed E-state index contributed by atoms with van der Waals surface area (Å²) in [5.74, 6) is 0.255. The lowest BCUT2D eigenvalue weighted by Crippen LogP contribution is -2.32. The molecular weight excluding hydrogens is 180 g/mol. The second-order valence-corrected chi connectivity index (χ2v) is 2.56. The topological polar surface area (TPSA) is 62.6 Å². The summed E-state index contributed by atoms with van der Waals surface area (Å²) in [4.78, 5) is 3.74. The van der Waals surface area contributed by atoms with Crippen LogP contribution in [0.4, 0.5) is 0 Å². The molecule has 2 N–H and O–H groups in total. The highest BCUT2D eigenvalue weighted by Crippen LogP contribution is 2.11. The van der Waals surface area contributed by atoms with Gasteiger partial charge in [-0.3, -0.25) is 0 Å². The molecule has 0 amide bonds. The third-order valence-corrected chi connectivity index (χ3v) is 1.48. The molecule has 0 bridgehead atoms. The number of hydrogen-bond acceptors (Lipinski definition) is 4. The molecule has 0 spiro atoms. The Labute approximate surface area is 74.9 Å². The van der Waals surface area contributed by atoms with Crippen molar-refractivity contribution in [2.75, 3.05) is 7.11 Å². The molecule has 0 saturated heterocycles. The standard InChI is InChI=1S/C6H7BClNO3/c1-12-6-3-4(8)2-5(9-6)7(10)11/h2-3,10-11H,1H3. The summed E-state index contributed by atoms with van der Waals surface area (Å²) in [5, 5.41) is 17.8. The molecule has 1 aromatic heterocycles. The lowest BCUT2D eigenvalue weighted by Gasteiger charge is -2.02. The second-order valence-electron chi connectivity index (χ2n) is 2.13. The lowest BCUT2D eigenvalue weighted by molar-refractivity contribution is 0.395. The Hall–Kier alpha value is -0.775. The maximum atomic E-state index is 8.75. The fourth-order valence-corrected chi connectivity index (χ4v) is 0.935. The van der Waals surface area contributed by atoms with Crippen LogP contribution in [0.25, 0.3) is 0 Å². The molecule has 0 atom stereocenters. The maximum absolute atomic E-state index is 8.75. The molecule has 6 heteroatoms.